The Hall–Kier alpha value is -1.55. The van der Waals surface area contributed by atoms with Gasteiger partial charge in [0.25, 0.3) is 5.91 Å². The Morgan fingerprint density at radius 3 is 2.50 bits per heavy atom. The molecule has 2 N–H and O–H groups in total. The average molecular weight is 250 g/mol. The fourth-order valence-electron chi connectivity index (χ4n) is 1.56. The van der Waals surface area contributed by atoms with Gasteiger partial charge in [0.15, 0.2) is 0 Å². The topological polar surface area (TPSA) is 50.4 Å². The Morgan fingerprint density at radius 2 is 1.89 bits per heavy atom. The molecule has 4 heteroatoms. The van der Waals surface area contributed by atoms with Crippen LogP contribution in [0.4, 0.5) is 0 Å². The zero-order chi connectivity index (χ0) is 13.2. The summed E-state index contributed by atoms with van der Waals surface area (Å²) in [5.74, 6) is 0.760. The molecule has 0 aromatic heterocycles. The first kappa shape index (κ1) is 14.5. The van der Waals surface area contributed by atoms with Crippen molar-refractivity contribution in [2.24, 2.45) is 0 Å². The Balaban J connectivity index is 2.32. The molecule has 0 atom stereocenters. The Morgan fingerprint density at radius 1 is 1.17 bits per heavy atom. The zero-order valence-electron chi connectivity index (χ0n) is 11.2. The van der Waals surface area contributed by atoms with Crippen molar-refractivity contribution >= 4 is 5.91 Å². The van der Waals surface area contributed by atoms with E-state index in [0.717, 1.165) is 25.3 Å². The van der Waals surface area contributed by atoms with Crippen molar-refractivity contribution in [2.45, 2.75) is 20.3 Å². The quantitative estimate of drug-likeness (QED) is 0.692. The van der Waals surface area contributed by atoms with Crippen LogP contribution in [-0.2, 0) is 0 Å². The lowest BCUT2D eigenvalue weighted by Crippen LogP contribution is -2.27. The van der Waals surface area contributed by atoms with E-state index in [2.05, 4.69) is 17.6 Å². The first-order valence-electron chi connectivity index (χ1n) is 6.49. The fourth-order valence-corrected chi connectivity index (χ4v) is 1.56. The van der Waals surface area contributed by atoms with E-state index in [4.69, 9.17) is 4.74 Å². The highest BCUT2D eigenvalue weighted by atomic mass is 16.5. The van der Waals surface area contributed by atoms with Crippen molar-refractivity contribution in [3.05, 3.63) is 29.8 Å². The summed E-state index contributed by atoms with van der Waals surface area (Å²) in [6.07, 6.45) is 0.941. The van der Waals surface area contributed by atoms with E-state index in [1.807, 2.05) is 19.1 Å². The third-order valence-corrected chi connectivity index (χ3v) is 2.49. The minimum absolute atomic E-state index is 0.0328. The maximum atomic E-state index is 11.8. The third kappa shape index (κ3) is 5.19. The van der Waals surface area contributed by atoms with E-state index in [-0.39, 0.29) is 5.91 Å². The second kappa shape index (κ2) is 8.53. The predicted molar refractivity (Wildman–Crippen MR) is 73.1 cm³/mol. The van der Waals surface area contributed by atoms with Crippen LogP contribution in [0.2, 0.25) is 0 Å². The number of carbonyl (C=O) groups excluding carboxylic acids is 1. The van der Waals surface area contributed by atoms with E-state index in [9.17, 15) is 4.79 Å². The van der Waals surface area contributed by atoms with Crippen molar-refractivity contribution in [1.29, 1.82) is 0 Å². The summed E-state index contributed by atoms with van der Waals surface area (Å²) in [5, 5.41) is 6.10. The number of benzene rings is 1. The van der Waals surface area contributed by atoms with Gasteiger partial charge < -0.3 is 15.4 Å². The minimum atomic E-state index is -0.0328. The molecule has 0 unspecified atom stereocenters. The zero-order valence-corrected chi connectivity index (χ0v) is 11.2. The maximum absolute atomic E-state index is 11.8. The van der Waals surface area contributed by atoms with Crippen LogP contribution >= 0.6 is 0 Å². The van der Waals surface area contributed by atoms with Gasteiger partial charge in [0.2, 0.25) is 0 Å². The lowest BCUT2D eigenvalue weighted by atomic mass is 10.2. The summed E-state index contributed by atoms with van der Waals surface area (Å²) in [6.45, 7) is 7.23. The number of rotatable bonds is 8. The average Bonchev–Trinajstić information content (AvgIpc) is 2.39. The number of amides is 1. The number of ether oxygens (including phenoxy) is 1. The highest BCUT2D eigenvalue weighted by molar-refractivity contribution is 5.94. The molecule has 1 amide bonds. The molecule has 1 aromatic carbocycles. The molecule has 0 fully saturated rings. The van der Waals surface area contributed by atoms with Crippen LogP contribution in [0, 0.1) is 0 Å². The summed E-state index contributed by atoms with van der Waals surface area (Å²) in [7, 11) is 0. The van der Waals surface area contributed by atoms with E-state index in [1.54, 1.807) is 12.1 Å². The number of carbonyl (C=O) groups is 1. The van der Waals surface area contributed by atoms with Crippen molar-refractivity contribution < 1.29 is 9.53 Å². The molecule has 0 spiro atoms. The molecule has 1 aromatic rings. The van der Waals surface area contributed by atoms with Gasteiger partial charge in [-0.05, 0) is 50.7 Å². The van der Waals surface area contributed by atoms with Crippen LogP contribution < -0.4 is 15.4 Å². The summed E-state index contributed by atoms with van der Waals surface area (Å²) >= 11 is 0. The normalized spacial score (nSPS) is 10.1. The highest BCUT2D eigenvalue weighted by Crippen LogP contribution is 2.11. The Kier molecular flexibility index (Phi) is 6.87. The van der Waals surface area contributed by atoms with E-state index in [1.165, 1.54) is 0 Å². The molecule has 0 aliphatic rings. The fraction of sp³-hybridized carbons (Fsp3) is 0.500. The standard InChI is InChI=1S/C14H22N2O2/c1-3-15-10-5-11-16-14(17)12-6-8-13(9-7-12)18-4-2/h6-9,15H,3-5,10-11H2,1-2H3,(H,16,17). The van der Waals surface area contributed by atoms with Crippen LogP contribution in [0.1, 0.15) is 30.6 Å². The van der Waals surface area contributed by atoms with E-state index < -0.39 is 0 Å². The molecule has 0 heterocycles. The van der Waals surface area contributed by atoms with Crippen molar-refractivity contribution in [3.8, 4) is 5.75 Å². The van der Waals surface area contributed by atoms with Crippen LogP contribution in [0.5, 0.6) is 5.75 Å². The Bertz CT molecular complexity index is 349. The molecule has 4 nitrogen and oxygen atoms in total. The maximum Gasteiger partial charge on any atom is 0.251 e. The van der Waals surface area contributed by atoms with Gasteiger partial charge in [0, 0.05) is 12.1 Å². The summed E-state index contributed by atoms with van der Waals surface area (Å²) in [4.78, 5) is 11.8. The second-order valence-electron chi connectivity index (χ2n) is 3.92. The lowest BCUT2D eigenvalue weighted by molar-refractivity contribution is 0.0953. The molecular formula is C14H22N2O2. The second-order valence-corrected chi connectivity index (χ2v) is 3.92. The van der Waals surface area contributed by atoms with Gasteiger partial charge in [0.1, 0.15) is 5.75 Å². The molecule has 18 heavy (non-hydrogen) atoms. The molecule has 1 rings (SSSR count). The number of nitrogens with one attached hydrogen (secondary N) is 2. The van der Waals surface area contributed by atoms with Gasteiger partial charge in [-0.3, -0.25) is 4.79 Å². The van der Waals surface area contributed by atoms with Crippen LogP contribution in [0.15, 0.2) is 24.3 Å². The van der Waals surface area contributed by atoms with Gasteiger partial charge in [-0.1, -0.05) is 6.92 Å². The third-order valence-electron chi connectivity index (χ3n) is 2.49. The summed E-state index contributed by atoms with van der Waals surface area (Å²) < 4.78 is 5.33. The van der Waals surface area contributed by atoms with Crippen molar-refractivity contribution in [3.63, 3.8) is 0 Å². The number of hydrogen-bond donors (Lipinski definition) is 2. The summed E-state index contributed by atoms with van der Waals surface area (Å²) in [6, 6.07) is 7.20. The van der Waals surface area contributed by atoms with Crippen LogP contribution in [0.3, 0.4) is 0 Å². The molecule has 0 bridgehead atoms. The van der Waals surface area contributed by atoms with Crippen molar-refractivity contribution in [1.82, 2.24) is 10.6 Å². The lowest BCUT2D eigenvalue weighted by Gasteiger charge is -2.07. The SMILES string of the molecule is CCNCCCNC(=O)c1ccc(OCC)cc1. The molecule has 0 aliphatic heterocycles. The molecule has 0 saturated heterocycles. The highest BCUT2D eigenvalue weighted by Gasteiger charge is 2.04. The van der Waals surface area contributed by atoms with Gasteiger partial charge in [-0.15, -0.1) is 0 Å². The smallest absolute Gasteiger partial charge is 0.251 e. The molecule has 0 aliphatic carbocycles. The minimum Gasteiger partial charge on any atom is -0.494 e. The molecule has 0 radical (unpaired) electrons. The van der Waals surface area contributed by atoms with Gasteiger partial charge in [0.05, 0.1) is 6.61 Å². The van der Waals surface area contributed by atoms with E-state index >= 15 is 0 Å². The summed E-state index contributed by atoms with van der Waals surface area (Å²) in [5.41, 5.74) is 0.668. The van der Waals surface area contributed by atoms with Crippen LogP contribution in [0.25, 0.3) is 0 Å². The number of hydrogen-bond acceptors (Lipinski definition) is 3. The van der Waals surface area contributed by atoms with Gasteiger partial charge in [-0.2, -0.15) is 0 Å². The molecule has 100 valence electrons. The largest absolute Gasteiger partial charge is 0.494 e. The Labute approximate surface area is 109 Å². The predicted octanol–water partition coefficient (Wildman–Crippen LogP) is 1.81. The first-order valence-corrected chi connectivity index (χ1v) is 6.49. The van der Waals surface area contributed by atoms with E-state index in [0.29, 0.717) is 18.7 Å². The molecule has 0 saturated carbocycles. The molecular weight excluding hydrogens is 228 g/mol. The first-order chi connectivity index (χ1) is 8.77. The van der Waals surface area contributed by atoms with Gasteiger partial charge in [-0.25, -0.2) is 0 Å². The van der Waals surface area contributed by atoms with Crippen molar-refractivity contribution in [2.75, 3.05) is 26.2 Å². The van der Waals surface area contributed by atoms with Gasteiger partial charge >= 0.3 is 0 Å². The monoisotopic (exact) mass is 250 g/mol. The van der Waals surface area contributed by atoms with Crippen LogP contribution in [-0.4, -0.2) is 32.1 Å².